The zero-order valence-electron chi connectivity index (χ0n) is 15.6. The molecule has 1 fully saturated rings. The molecule has 1 aliphatic heterocycles. The average Bonchev–Trinajstić information content (AvgIpc) is 2.60. The fraction of sp³-hybridized carbons (Fsp3) is 0.579. The van der Waals surface area contributed by atoms with Crippen molar-refractivity contribution in [3.63, 3.8) is 0 Å². The number of benzene rings is 1. The van der Waals surface area contributed by atoms with Crippen molar-refractivity contribution < 1.29 is 19.1 Å². The molecule has 0 bridgehead atoms. The molecule has 6 nitrogen and oxygen atoms in total. The van der Waals surface area contributed by atoms with Crippen molar-refractivity contribution in [2.24, 2.45) is 0 Å². The Morgan fingerprint density at radius 1 is 1.31 bits per heavy atom. The van der Waals surface area contributed by atoms with Gasteiger partial charge in [-0.1, -0.05) is 18.5 Å². The Labute approximate surface area is 159 Å². The van der Waals surface area contributed by atoms with E-state index >= 15 is 0 Å². The van der Waals surface area contributed by atoms with Crippen LogP contribution >= 0.6 is 11.6 Å². The number of halogens is 1. The van der Waals surface area contributed by atoms with E-state index in [1.165, 1.54) is 6.92 Å². The molecule has 1 unspecified atom stereocenters. The molecule has 2 rings (SSSR count). The van der Waals surface area contributed by atoms with Gasteiger partial charge in [0.2, 0.25) is 5.91 Å². The number of carbonyl (C=O) groups excluding carboxylic acids is 2. The average molecular weight is 383 g/mol. The van der Waals surface area contributed by atoms with Crippen LogP contribution in [0.25, 0.3) is 0 Å². The number of hydrogen-bond donors (Lipinski definition) is 1. The predicted molar refractivity (Wildman–Crippen MR) is 101 cm³/mol. The van der Waals surface area contributed by atoms with Crippen molar-refractivity contribution in [1.82, 2.24) is 10.2 Å². The Balaban J connectivity index is 2.20. The number of ether oxygens (including phenoxy) is 2. The van der Waals surface area contributed by atoms with Crippen LogP contribution in [0.5, 0.6) is 11.5 Å². The molecule has 1 aromatic carbocycles. The number of likely N-dealkylation sites (tertiary alicyclic amines) is 1. The maximum Gasteiger partial charge on any atom is 0.254 e. The van der Waals surface area contributed by atoms with Gasteiger partial charge in [-0.05, 0) is 38.3 Å². The molecule has 0 aliphatic carbocycles. The van der Waals surface area contributed by atoms with Crippen molar-refractivity contribution >= 4 is 23.4 Å². The van der Waals surface area contributed by atoms with E-state index in [1.807, 2.05) is 13.8 Å². The van der Waals surface area contributed by atoms with Gasteiger partial charge in [0.25, 0.3) is 5.91 Å². The van der Waals surface area contributed by atoms with E-state index in [2.05, 4.69) is 5.32 Å². The van der Waals surface area contributed by atoms with E-state index in [0.29, 0.717) is 48.4 Å². The molecule has 1 N–H and O–H groups in total. The van der Waals surface area contributed by atoms with E-state index in [4.69, 9.17) is 21.1 Å². The van der Waals surface area contributed by atoms with Crippen LogP contribution < -0.4 is 14.8 Å². The third kappa shape index (κ3) is 5.27. The third-order valence-electron chi connectivity index (χ3n) is 4.12. The molecular formula is C19H27ClN2O4. The number of piperidine rings is 1. The zero-order valence-corrected chi connectivity index (χ0v) is 16.4. The van der Waals surface area contributed by atoms with Gasteiger partial charge in [0.05, 0.1) is 18.2 Å². The quantitative estimate of drug-likeness (QED) is 0.785. The fourth-order valence-corrected chi connectivity index (χ4v) is 3.31. The molecule has 1 aromatic rings. The van der Waals surface area contributed by atoms with Crippen molar-refractivity contribution in [1.29, 1.82) is 0 Å². The van der Waals surface area contributed by atoms with Gasteiger partial charge in [0.1, 0.15) is 0 Å². The van der Waals surface area contributed by atoms with Gasteiger partial charge in [-0.25, -0.2) is 0 Å². The van der Waals surface area contributed by atoms with Gasteiger partial charge >= 0.3 is 0 Å². The maximum atomic E-state index is 12.9. The minimum Gasteiger partial charge on any atom is -0.490 e. The summed E-state index contributed by atoms with van der Waals surface area (Å²) in [5, 5.41) is 3.25. The minimum absolute atomic E-state index is 0.0146. The fourth-order valence-electron chi connectivity index (χ4n) is 3.05. The largest absolute Gasteiger partial charge is 0.490 e. The molecule has 0 radical (unpaired) electrons. The van der Waals surface area contributed by atoms with Crippen LogP contribution in [0, 0.1) is 0 Å². The molecule has 0 aromatic heterocycles. The highest BCUT2D eigenvalue weighted by atomic mass is 35.5. The van der Waals surface area contributed by atoms with Crippen molar-refractivity contribution in [2.45, 2.75) is 46.1 Å². The number of nitrogens with one attached hydrogen (secondary N) is 1. The van der Waals surface area contributed by atoms with Crippen LogP contribution in [0.1, 0.15) is 50.4 Å². The summed E-state index contributed by atoms with van der Waals surface area (Å²) in [7, 11) is 0. The van der Waals surface area contributed by atoms with Gasteiger partial charge in [0, 0.05) is 31.6 Å². The zero-order chi connectivity index (χ0) is 19.1. The van der Waals surface area contributed by atoms with Gasteiger partial charge in [-0.2, -0.15) is 0 Å². The lowest BCUT2D eigenvalue weighted by Gasteiger charge is -2.33. The summed E-state index contributed by atoms with van der Waals surface area (Å²) >= 11 is 6.35. The molecule has 1 heterocycles. The molecular weight excluding hydrogens is 356 g/mol. The van der Waals surface area contributed by atoms with Crippen molar-refractivity contribution in [3.8, 4) is 11.5 Å². The Morgan fingerprint density at radius 2 is 2.08 bits per heavy atom. The van der Waals surface area contributed by atoms with Crippen LogP contribution in [0.4, 0.5) is 0 Å². The maximum absolute atomic E-state index is 12.9. The monoisotopic (exact) mass is 382 g/mol. The third-order valence-corrected chi connectivity index (χ3v) is 4.40. The second-order valence-electron chi connectivity index (χ2n) is 6.36. The summed E-state index contributed by atoms with van der Waals surface area (Å²) in [6, 6.07) is 3.30. The van der Waals surface area contributed by atoms with Crippen LogP contribution in [-0.4, -0.2) is 49.1 Å². The van der Waals surface area contributed by atoms with E-state index in [9.17, 15) is 9.59 Å². The Morgan fingerprint density at radius 3 is 2.73 bits per heavy atom. The van der Waals surface area contributed by atoms with Crippen LogP contribution in [0.2, 0.25) is 5.02 Å². The lowest BCUT2D eigenvalue weighted by molar-refractivity contribution is -0.120. The number of carbonyl (C=O) groups is 2. The number of nitrogens with zero attached hydrogens (tertiary/aromatic N) is 1. The smallest absolute Gasteiger partial charge is 0.254 e. The first-order valence-electron chi connectivity index (χ1n) is 9.11. The highest BCUT2D eigenvalue weighted by molar-refractivity contribution is 6.32. The molecule has 2 amide bonds. The molecule has 0 saturated carbocycles. The summed E-state index contributed by atoms with van der Waals surface area (Å²) in [6.07, 6.45) is 2.57. The minimum atomic E-state index is -0.120. The molecule has 1 aliphatic rings. The molecule has 144 valence electrons. The summed E-state index contributed by atoms with van der Waals surface area (Å²) in [5.41, 5.74) is 0.464. The topological polar surface area (TPSA) is 67.9 Å². The first kappa shape index (κ1) is 20.4. The van der Waals surface area contributed by atoms with Crippen LogP contribution in [-0.2, 0) is 4.79 Å². The van der Waals surface area contributed by atoms with Crippen LogP contribution in [0.15, 0.2) is 12.1 Å². The lowest BCUT2D eigenvalue weighted by Crippen LogP contribution is -2.49. The lowest BCUT2D eigenvalue weighted by atomic mass is 10.0. The number of rotatable bonds is 7. The normalized spacial score (nSPS) is 16.9. The second-order valence-corrected chi connectivity index (χ2v) is 6.76. The van der Waals surface area contributed by atoms with Gasteiger partial charge in [-0.3, -0.25) is 9.59 Å². The Kier molecular flexibility index (Phi) is 7.57. The Bertz CT molecular complexity index is 651. The molecule has 1 saturated heterocycles. The number of amides is 2. The molecule has 7 heteroatoms. The SMILES string of the molecule is CCCOc1c(Cl)cc(C(=O)N2CCCC(NC(C)=O)C2)cc1OCC. The number of hydrogen-bond acceptors (Lipinski definition) is 4. The van der Waals surface area contributed by atoms with Crippen LogP contribution in [0.3, 0.4) is 0 Å². The van der Waals surface area contributed by atoms with E-state index in [-0.39, 0.29) is 17.9 Å². The van der Waals surface area contributed by atoms with Gasteiger partial charge < -0.3 is 19.7 Å². The highest BCUT2D eigenvalue weighted by Gasteiger charge is 2.26. The van der Waals surface area contributed by atoms with E-state index in [0.717, 1.165) is 19.3 Å². The van der Waals surface area contributed by atoms with E-state index in [1.54, 1.807) is 17.0 Å². The van der Waals surface area contributed by atoms with Crippen molar-refractivity contribution in [2.75, 3.05) is 26.3 Å². The summed E-state index contributed by atoms with van der Waals surface area (Å²) in [5.74, 6) is 0.752. The first-order valence-corrected chi connectivity index (χ1v) is 9.49. The summed E-state index contributed by atoms with van der Waals surface area (Å²) in [6.45, 7) is 7.49. The first-order chi connectivity index (χ1) is 12.5. The van der Waals surface area contributed by atoms with Crippen molar-refractivity contribution in [3.05, 3.63) is 22.7 Å². The summed E-state index contributed by atoms with van der Waals surface area (Å²) in [4.78, 5) is 26.0. The molecule has 0 spiro atoms. The molecule has 1 atom stereocenters. The Hall–Kier alpha value is -1.95. The van der Waals surface area contributed by atoms with Gasteiger partial charge in [0.15, 0.2) is 11.5 Å². The highest BCUT2D eigenvalue weighted by Crippen LogP contribution is 2.37. The summed E-state index contributed by atoms with van der Waals surface area (Å²) < 4.78 is 11.3. The predicted octanol–water partition coefficient (Wildman–Crippen LogP) is 3.27. The second kappa shape index (κ2) is 9.67. The molecule has 26 heavy (non-hydrogen) atoms. The van der Waals surface area contributed by atoms with E-state index < -0.39 is 0 Å². The standard InChI is InChI=1S/C19H27ClN2O4/c1-4-9-26-18-16(20)10-14(11-17(18)25-5-2)19(24)22-8-6-7-15(12-22)21-13(3)23/h10-11,15H,4-9,12H2,1-3H3,(H,21,23). The van der Waals surface area contributed by atoms with Gasteiger partial charge in [-0.15, -0.1) is 0 Å².